The number of rotatable bonds is 6. The van der Waals surface area contributed by atoms with E-state index in [4.69, 9.17) is 47.1 Å². The van der Waals surface area contributed by atoms with Crippen molar-refractivity contribution in [2.45, 2.75) is 158 Å². The Morgan fingerprint density at radius 3 is 1.96 bits per heavy atom. The summed E-state index contributed by atoms with van der Waals surface area (Å²) in [5, 5.41) is 14.6. The second-order valence-electron chi connectivity index (χ2n) is 17.3. The summed E-state index contributed by atoms with van der Waals surface area (Å²) in [6.07, 6.45) is -1.68. The Morgan fingerprint density at radius 2 is 1.37 bits per heavy atom. The van der Waals surface area contributed by atoms with Crippen molar-refractivity contribution in [3.63, 3.8) is 0 Å². The van der Waals surface area contributed by atoms with E-state index in [1.807, 2.05) is 39.8 Å². The fraction of sp³-hybridized carbons (Fsp3) is 0.700. The summed E-state index contributed by atoms with van der Waals surface area (Å²) in [6, 6.07) is 20.9. The highest BCUT2D eigenvalue weighted by atomic mass is 28.4. The van der Waals surface area contributed by atoms with Crippen molar-refractivity contribution in [2.24, 2.45) is 0 Å². The van der Waals surface area contributed by atoms with Crippen molar-refractivity contribution in [3.05, 3.63) is 60.7 Å². The number of aliphatic hydroxyl groups excluding tert-OH is 1. The van der Waals surface area contributed by atoms with Gasteiger partial charge in [0.15, 0.2) is 23.7 Å². The minimum absolute atomic E-state index is 0.100. The second kappa shape index (κ2) is 13.5. The van der Waals surface area contributed by atoms with Crippen LogP contribution in [0.3, 0.4) is 0 Å². The predicted molar refractivity (Wildman–Crippen MR) is 192 cm³/mol. The van der Waals surface area contributed by atoms with E-state index in [0.29, 0.717) is 0 Å². The van der Waals surface area contributed by atoms with Crippen molar-refractivity contribution in [3.8, 4) is 0 Å². The minimum Gasteiger partial charge on any atom is -0.399 e. The van der Waals surface area contributed by atoms with E-state index in [1.165, 1.54) is 0 Å². The Labute approximate surface area is 308 Å². The van der Waals surface area contributed by atoms with Gasteiger partial charge in [-0.3, -0.25) is 0 Å². The first-order chi connectivity index (χ1) is 24.7. The van der Waals surface area contributed by atoms with Gasteiger partial charge in [0, 0.05) is 12.8 Å². The van der Waals surface area contributed by atoms with Crippen LogP contribution in [0.2, 0.25) is 5.04 Å². The lowest BCUT2D eigenvalue weighted by Gasteiger charge is -2.56. The van der Waals surface area contributed by atoms with Crippen LogP contribution >= 0.6 is 0 Å². The Morgan fingerprint density at radius 1 is 0.731 bits per heavy atom. The maximum absolute atomic E-state index is 12.7. The van der Waals surface area contributed by atoms with Gasteiger partial charge in [0.2, 0.25) is 5.79 Å². The fourth-order valence-electron chi connectivity index (χ4n) is 9.27. The number of aliphatic hydroxyl groups is 1. The van der Waals surface area contributed by atoms with E-state index < -0.39 is 80.5 Å². The Kier molecular flexibility index (Phi) is 9.61. The summed E-state index contributed by atoms with van der Waals surface area (Å²) in [7, 11) is -3.20. The van der Waals surface area contributed by atoms with Crippen LogP contribution in [-0.4, -0.2) is 105 Å². The molecule has 0 bridgehead atoms. The van der Waals surface area contributed by atoms with Crippen LogP contribution in [-0.2, 0) is 47.1 Å². The van der Waals surface area contributed by atoms with Crippen LogP contribution < -0.4 is 10.4 Å². The molecule has 52 heavy (non-hydrogen) atoms. The third-order valence-electron chi connectivity index (χ3n) is 11.6. The highest BCUT2D eigenvalue weighted by Gasteiger charge is 2.66. The third-order valence-corrected chi connectivity index (χ3v) is 16.6. The molecule has 0 aromatic heterocycles. The maximum Gasteiger partial charge on any atom is 0.261 e. The molecule has 11 nitrogen and oxygen atoms in total. The zero-order chi connectivity index (χ0) is 36.6. The highest BCUT2D eigenvalue weighted by Crippen LogP contribution is 2.48. The summed E-state index contributed by atoms with van der Waals surface area (Å²) in [5.41, 5.74) is 0. The molecular weight excluding hydrogens is 685 g/mol. The van der Waals surface area contributed by atoms with Gasteiger partial charge in [-0.15, -0.1) is 0 Å². The highest BCUT2D eigenvalue weighted by molar-refractivity contribution is 6.99. The van der Waals surface area contributed by atoms with Crippen molar-refractivity contribution in [1.29, 1.82) is 0 Å². The molecule has 2 aromatic carbocycles. The van der Waals surface area contributed by atoms with Crippen molar-refractivity contribution >= 4 is 18.7 Å². The van der Waals surface area contributed by atoms with Gasteiger partial charge in [-0.05, 0) is 55.9 Å². The Hall–Kier alpha value is -1.78. The van der Waals surface area contributed by atoms with Crippen LogP contribution in [0.1, 0.15) is 80.6 Å². The smallest absolute Gasteiger partial charge is 0.261 e. The molecule has 12 heteroatoms. The van der Waals surface area contributed by atoms with Crippen LogP contribution in [0.15, 0.2) is 60.7 Å². The molecule has 2 spiro atoms. The topological polar surface area (TPSA) is 113 Å². The van der Waals surface area contributed by atoms with E-state index >= 15 is 0 Å². The van der Waals surface area contributed by atoms with E-state index in [0.717, 1.165) is 42.5 Å². The van der Waals surface area contributed by atoms with Gasteiger partial charge in [0.1, 0.15) is 49.3 Å². The molecular formula is C40H56O11Si. The van der Waals surface area contributed by atoms with Gasteiger partial charge in [-0.1, -0.05) is 87.9 Å². The van der Waals surface area contributed by atoms with Gasteiger partial charge < -0.3 is 52.2 Å². The van der Waals surface area contributed by atoms with E-state index in [2.05, 4.69) is 69.3 Å². The number of hydrogen-bond donors (Lipinski definition) is 1. The lowest BCUT2D eigenvalue weighted by molar-refractivity contribution is -0.415. The lowest BCUT2D eigenvalue weighted by Crippen LogP contribution is -2.74. The van der Waals surface area contributed by atoms with Gasteiger partial charge in [-0.25, -0.2) is 0 Å². The monoisotopic (exact) mass is 740 g/mol. The number of benzene rings is 2. The van der Waals surface area contributed by atoms with Crippen LogP contribution in [0.4, 0.5) is 0 Å². The van der Waals surface area contributed by atoms with E-state index in [9.17, 15) is 5.11 Å². The van der Waals surface area contributed by atoms with Crippen molar-refractivity contribution in [1.82, 2.24) is 0 Å². The standard InChI is InChI=1S/C40H56O11Si/c1-36(2,3)52(26-17-11-8-12-18-26,27-19-13-9-14-20-27)50-33-30(41)35(45-28-23-42-39(49-31(28)33)21-15-10-16-22-39)46-34-32-29(47-38(6,7)48-32)24-43-40(34)25-44-37(4,5)51-40/h8-9,11-14,17-20,28-35,41H,10,15-16,21-25H2,1-7H3/t28-,29-,30+,31-,32-,33-,34+,35+,40-/m1/s1. The summed E-state index contributed by atoms with van der Waals surface area (Å²) >= 11 is 0. The molecule has 5 aliphatic heterocycles. The van der Waals surface area contributed by atoms with Crippen LogP contribution in [0, 0.1) is 0 Å². The summed E-state index contributed by atoms with van der Waals surface area (Å²) in [5.74, 6) is -3.89. The fourth-order valence-corrected chi connectivity index (χ4v) is 14.0. The normalized spacial score (nSPS) is 38.2. The molecule has 1 N–H and O–H groups in total. The summed E-state index contributed by atoms with van der Waals surface area (Å²) in [6.45, 7) is 14.7. The van der Waals surface area contributed by atoms with E-state index in [1.54, 1.807) is 0 Å². The zero-order valence-corrected chi connectivity index (χ0v) is 32.6. The molecule has 286 valence electrons. The molecule has 1 saturated carbocycles. The summed E-state index contributed by atoms with van der Waals surface area (Å²) in [4.78, 5) is 0. The number of hydrogen-bond acceptors (Lipinski definition) is 11. The molecule has 5 heterocycles. The molecule has 0 radical (unpaired) electrons. The molecule has 9 atom stereocenters. The van der Waals surface area contributed by atoms with Crippen LogP contribution in [0.25, 0.3) is 0 Å². The molecule has 6 fully saturated rings. The molecule has 8 rings (SSSR count). The zero-order valence-electron chi connectivity index (χ0n) is 31.6. The average molecular weight is 741 g/mol. The molecule has 0 amide bonds. The SMILES string of the molecule is CC1(C)O[C@@H]2[C@@H](CO[C@@]3(COC(C)(C)O3)[C@H]2O[C@@H]2O[C@@H]3COC4(CCCCC4)O[C@H]3[C@H](O[Si](c3ccccc3)(c3ccccc3)C(C)(C)C)[C@@H]2O)O1. The number of fused-ring (bicyclic) bond motifs is 2. The maximum atomic E-state index is 12.7. The van der Waals surface area contributed by atoms with Gasteiger partial charge in [0.25, 0.3) is 8.32 Å². The van der Waals surface area contributed by atoms with Gasteiger partial charge in [0.05, 0.1) is 13.2 Å². The Bertz CT molecular complexity index is 1500. The van der Waals surface area contributed by atoms with E-state index in [-0.39, 0.29) is 24.9 Å². The van der Waals surface area contributed by atoms with Crippen LogP contribution in [0.5, 0.6) is 0 Å². The lowest BCUT2D eigenvalue weighted by atomic mass is 9.90. The first-order valence-corrected chi connectivity index (χ1v) is 21.0. The molecule has 2 aromatic rings. The Balaban J connectivity index is 1.20. The largest absolute Gasteiger partial charge is 0.399 e. The van der Waals surface area contributed by atoms with Gasteiger partial charge in [-0.2, -0.15) is 0 Å². The molecule has 0 unspecified atom stereocenters. The first kappa shape index (κ1) is 37.2. The third kappa shape index (κ3) is 6.54. The second-order valence-corrected chi connectivity index (χ2v) is 21.5. The molecule has 1 aliphatic carbocycles. The average Bonchev–Trinajstić information content (AvgIpc) is 3.61. The minimum atomic E-state index is -3.20. The van der Waals surface area contributed by atoms with Crippen molar-refractivity contribution in [2.75, 3.05) is 19.8 Å². The molecule has 5 saturated heterocycles. The van der Waals surface area contributed by atoms with Gasteiger partial charge >= 0.3 is 0 Å². The van der Waals surface area contributed by atoms with Crippen molar-refractivity contribution < 1.29 is 52.2 Å². The summed E-state index contributed by atoms with van der Waals surface area (Å²) < 4.78 is 66.6. The first-order valence-electron chi connectivity index (χ1n) is 19.1. The number of ether oxygens (including phenoxy) is 9. The quantitative estimate of drug-likeness (QED) is 0.423. The molecule has 6 aliphatic rings. The predicted octanol–water partition coefficient (Wildman–Crippen LogP) is 4.51.